The first-order chi connectivity index (χ1) is 8.34. The largest absolute Gasteiger partial charge is 0.347 e. The maximum absolute atomic E-state index is 13.5. The first-order valence-corrected chi connectivity index (χ1v) is 6.31. The summed E-state index contributed by atoms with van der Waals surface area (Å²) in [6.07, 6.45) is 5.73. The van der Waals surface area contributed by atoms with Gasteiger partial charge < -0.3 is 9.88 Å². The number of fused-ring (bicyclic) bond motifs is 1. The van der Waals surface area contributed by atoms with E-state index in [2.05, 4.69) is 9.88 Å². The Bertz CT molecular complexity index is 514. The smallest absolute Gasteiger partial charge is 0.132 e. The molecule has 0 bridgehead atoms. The van der Waals surface area contributed by atoms with Gasteiger partial charge in [-0.05, 0) is 44.0 Å². The molecule has 0 radical (unpaired) electrons. The van der Waals surface area contributed by atoms with Crippen molar-refractivity contribution in [2.24, 2.45) is 0 Å². The van der Waals surface area contributed by atoms with Crippen molar-refractivity contribution >= 4 is 10.9 Å². The second-order valence-corrected chi connectivity index (χ2v) is 4.76. The highest BCUT2D eigenvalue weighted by Gasteiger charge is 2.19. The summed E-state index contributed by atoms with van der Waals surface area (Å²) in [6, 6.07) is 7.90. The van der Waals surface area contributed by atoms with Gasteiger partial charge in [0.2, 0.25) is 0 Å². The first kappa shape index (κ1) is 10.8. The lowest BCUT2D eigenvalue weighted by molar-refractivity contribution is 0.588. The molecule has 3 heteroatoms. The molecule has 17 heavy (non-hydrogen) atoms. The third-order valence-corrected chi connectivity index (χ3v) is 3.35. The fourth-order valence-electron chi connectivity index (χ4n) is 2.22. The number of hydrogen-bond acceptors (Lipinski definition) is 1. The zero-order valence-corrected chi connectivity index (χ0v) is 9.82. The Kier molecular flexibility index (Phi) is 2.85. The zero-order valence-electron chi connectivity index (χ0n) is 9.82. The third-order valence-electron chi connectivity index (χ3n) is 3.35. The lowest BCUT2D eigenvalue weighted by Crippen LogP contribution is -2.18. The highest BCUT2D eigenvalue weighted by atomic mass is 19.1. The normalized spacial score (nSPS) is 15.6. The first-order valence-electron chi connectivity index (χ1n) is 6.31. The van der Waals surface area contributed by atoms with Crippen LogP contribution >= 0.6 is 0 Å². The SMILES string of the molecule is Fc1cccc2c1ccn2CCCNC1CC1. The molecule has 1 aromatic heterocycles. The van der Waals surface area contributed by atoms with Crippen LogP contribution in [0.15, 0.2) is 30.5 Å². The van der Waals surface area contributed by atoms with E-state index in [4.69, 9.17) is 0 Å². The van der Waals surface area contributed by atoms with E-state index >= 15 is 0 Å². The standard InChI is InChI=1S/C14H17FN2/c15-13-3-1-4-14-12(13)7-10-17(14)9-2-8-16-11-5-6-11/h1,3-4,7,10-11,16H,2,5-6,8-9H2. The summed E-state index contributed by atoms with van der Waals surface area (Å²) in [7, 11) is 0. The molecule has 0 saturated heterocycles. The fraction of sp³-hybridized carbons (Fsp3) is 0.429. The van der Waals surface area contributed by atoms with Gasteiger partial charge in [-0.25, -0.2) is 4.39 Å². The van der Waals surface area contributed by atoms with Gasteiger partial charge in [-0.1, -0.05) is 6.07 Å². The minimum absolute atomic E-state index is 0.127. The van der Waals surface area contributed by atoms with Crippen molar-refractivity contribution < 1.29 is 4.39 Å². The van der Waals surface area contributed by atoms with Crippen molar-refractivity contribution in [3.8, 4) is 0 Å². The second-order valence-electron chi connectivity index (χ2n) is 4.76. The van der Waals surface area contributed by atoms with Crippen LogP contribution in [0.2, 0.25) is 0 Å². The Hall–Kier alpha value is -1.35. The predicted octanol–water partition coefficient (Wildman–Crippen LogP) is 2.92. The van der Waals surface area contributed by atoms with E-state index in [1.807, 2.05) is 18.3 Å². The predicted molar refractivity (Wildman–Crippen MR) is 67.5 cm³/mol. The molecule has 1 aromatic carbocycles. The van der Waals surface area contributed by atoms with Crippen LogP contribution in [0.4, 0.5) is 4.39 Å². The number of rotatable bonds is 5. The maximum Gasteiger partial charge on any atom is 0.132 e. The summed E-state index contributed by atoms with van der Waals surface area (Å²) in [5, 5.41) is 4.22. The summed E-state index contributed by atoms with van der Waals surface area (Å²) in [6.45, 7) is 2.01. The van der Waals surface area contributed by atoms with E-state index in [0.717, 1.165) is 36.5 Å². The van der Waals surface area contributed by atoms with Crippen LogP contribution in [0.1, 0.15) is 19.3 Å². The average molecular weight is 232 g/mol. The Labute approximate surface area is 100 Å². The highest BCUT2D eigenvalue weighted by Crippen LogP contribution is 2.20. The molecule has 0 amide bonds. The summed E-state index contributed by atoms with van der Waals surface area (Å²) >= 11 is 0. The molecule has 1 aliphatic carbocycles. The quantitative estimate of drug-likeness (QED) is 0.784. The number of aromatic nitrogens is 1. The van der Waals surface area contributed by atoms with E-state index < -0.39 is 0 Å². The third kappa shape index (κ3) is 2.34. The summed E-state index contributed by atoms with van der Waals surface area (Å²) in [5.74, 6) is -0.127. The number of aryl methyl sites for hydroxylation is 1. The molecule has 0 atom stereocenters. The molecule has 0 unspecified atom stereocenters. The Morgan fingerprint density at radius 1 is 1.29 bits per heavy atom. The van der Waals surface area contributed by atoms with Crippen molar-refractivity contribution in [2.45, 2.75) is 31.8 Å². The Morgan fingerprint density at radius 2 is 2.18 bits per heavy atom. The summed E-state index contributed by atoms with van der Waals surface area (Å²) in [4.78, 5) is 0. The second kappa shape index (κ2) is 4.49. The number of halogens is 1. The molecule has 1 aliphatic rings. The van der Waals surface area contributed by atoms with E-state index in [1.54, 1.807) is 6.07 Å². The van der Waals surface area contributed by atoms with Crippen molar-refractivity contribution in [1.82, 2.24) is 9.88 Å². The van der Waals surface area contributed by atoms with Gasteiger partial charge in [-0.15, -0.1) is 0 Å². The average Bonchev–Trinajstić information content (AvgIpc) is 3.06. The van der Waals surface area contributed by atoms with Crippen molar-refractivity contribution in [2.75, 3.05) is 6.54 Å². The maximum atomic E-state index is 13.5. The molecule has 2 aromatic rings. The van der Waals surface area contributed by atoms with Gasteiger partial charge in [-0.2, -0.15) is 0 Å². The lowest BCUT2D eigenvalue weighted by Gasteiger charge is -2.06. The van der Waals surface area contributed by atoms with E-state index in [0.29, 0.717) is 0 Å². The van der Waals surface area contributed by atoms with Crippen molar-refractivity contribution in [3.05, 3.63) is 36.3 Å². The van der Waals surface area contributed by atoms with Gasteiger partial charge >= 0.3 is 0 Å². The minimum Gasteiger partial charge on any atom is -0.347 e. The molecule has 0 aliphatic heterocycles. The molecule has 90 valence electrons. The van der Waals surface area contributed by atoms with Gasteiger partial charge in [0.25, 0.3) is 0 Å². The van der Waals surface area contributed by atoms with Crippen LogP contribution in [0, 0.1) is 5.82 Å². The number of benzene rings is 1. The molecule has 1 fully saturated rings. The van der Waals surface area contributed by atoms with Crippen LogP contribution in [-0.4, -0.2) is 17.2 Å². The fourth-order valence-corrected chi connectivity index (χ4v) is 2.22. The monoisotopic (exact) mass is 232 g/mol. The topological polar surface area (TPSA) is 17.0 Å². The number of nitrogens with one attached hydrogen (secondary N) is 1. The van der Waals surface area contributed by atoms with Crippen molar-refractivity contribution in [3.63, 3.8) is 0 Å². The van der Waals surface area contributed by atoms with Gasteiger partial charge in [-0.3, -0.25) is 0 Å². The number of hydrogen-bond donors (Lipinski definition) is 1. The Morgan fingerprint density at radius 3 is 3.00 bits per heavy atom. The van der Waals surface area contributed by atoms with E-state index in [9.17, 15) is 4.39 Å². The van der Waals surface area contributed by atoms with Gasteiger partial charge in [0, 0.05) is 24.2 Å². The summed E-state index contributed by atoms with van der Waals surface area (Å²) in [5.41, 5.74) is 0.997. The van der Waals surface area contributed by atoms with Gasteiger partial charge in [0.1, 0.15) is 5.82 Å². The van der Waals surface area contributed by atoms with Crippen molar-refractivity contribution in [1.29, 1.82) is 0 Å². The van der Waals surface area contributed by atoms with Crippen LogP contribution in [-0.2, 0) is 6.54 Å². The van der Waals surface area contributed by atoms with E-state index in [1.165, 1.54) is 18.9 Å². The van der Waals surface area contributed by atoms with E-state index in [-0.39, 0.29) is 5.82 Å². The van der Waals surface area contributed by atoms with Gasteiger partial charge in [0.15, 0.2) is 0 Å². The highest BCUT2D eigenvalue weighted by molar-refractivity contribution is 5.80. The lowest BCUT2D eigenvalue weighted by atomic mass is 10.2. The summed E-state index contributed by atoms with van der Waals surface area (Å²) < 4.78 is 15.6. The minimum atomic E-state index is -0.127. The van der Waals surface area contributed by atoms with Crippen LogP contribution in [0.3, 0.4) is 0 Å². The van der Waals surface area contributed by atoms with Crippen LogP contribution < -0.4 is 5.32 Å². The molecular weight excluding hydrogens is 215 g/mol. The molecule has 3 rings (SSSR count). The molecule has 1 N–H and O–H groups in total. The molecular formula is C14H17FN2. The van der Waals surface area contributed by atoms with Crippen LogP contribution in [0.25, 0.3) is 10.9 Å². The van der Waals surface area contributed by atoms with Crippen LogP contribution in [0.5, 0.6) is 0 Å². The molecule has 2 nitrogen and oxygen atoms in total. The Balaban J connectivity index is 1.65. The molecule has 1 heterocycles. The van der Waals surface area contributed by atoms with Gasteiger partial charge in [0.05, 0.1) is 5.52 Å². The molecule has 1 saturated carbocycles. The molecule has 0 spiro atoms. The zero-order chi connectivity index (χ0) is 11.7. The number of nitrogens with zero attached hydrogens (tertiary/aromatic N) is 1.